The Morgan fingerprint density at radius 2 is 1.59 bits per heavy atom. The Morgan fingerprint density at radius 1 is 0.938 bits per heavy atom. The minimum atomic E-state index is -3.73. The summed E-state index contributed by atoms with van der Waals surface area (Å²) < 4.78 is 27.6. The zero-order valence-corrected chi connectivity index (χ0v) is 19.7. The molecule has 0 spiro atoms. The molecule has 1 heterocycles. The molecule has 2 aromatic rings. The number of hydrogen-bond donors (Lipinski definition) is 0. The lowest BCUT2D eigenvalue weighted by Crippen LogP contribution is -2.55. The molecule has 0 unspecified atom stereocenters. The van der Waals surface area contributed by atoms with E-state index >= 15 is 0 Å². The monoisotopic (exact) mass is 474 g/mol. The van der Waals surface area contributed by atoms with Crippen molar-refractivity contribution in [3.63, 3.8) is 0 Å². The topological polar surface area (TPSA) is 74.8 Å². The lowest BCUT2D eigenvalue weighted by Gasteiger charge is -2.39. The van der Waals surface area contributed by atoms with Gasteiger partial charge in [0.05, 0.1) is 10.3 Å². The van der Waals surface area contributed by atoms with E-state index in [1.165, 1.54) is 23.4 Å². The van der Waals surface area contributed by atoms with Crippen LogP contribution in [0.2, 0.25) is 5.02 Å². The molecule has 1 amide bonds. The van der Waals surface area contributed by atoms with Gasteiger partial charge in [0.25, 0.3) is 0 Å². The van der Waals surface area contributed by atoms with Gasteiger partial charge >= 0.3 is 0 Å². The molecule has 2 fully saturated rings. The highest BCUT2D eigenvalue weighted by molar-refractivity contribution is 7.89. The fourth-order valence-corrected chi connectivity index (χ4v) is 6.51. The summed E-state index contributed by atoms with van der Waals surface area (Å²) in [5, 5.41) is 0.616. The molecule has 6 nitrogen and oxygen atoms in total. The van der Waals surface area contributed by atoms with Crippen LogP contribution in [0.4, 0.5) is 0 Å². The maximum Gasteiger partial charge on any atom is 0.243 e. The van der Waals surface area contributed by atoms with Crippen molar-refractivity contribution in [2.45, 2.75) is 42.9 Å². The number of benzene rings is 2. The smallest absolute Gasteiger partial charge is 0.243 e. The van der Waals surface area contributed by atoms with E-state index in [1.807, 2.05) is 24.3 Å². The Labute approximate surface area is 194 Å². The summed E-state index contributed by atoms with van der Waals surface area (Å²) in [7, 11) is -3.73. The molecule has 0 radical (unpaired) electrons. The van der Waals surface area contributed by atoms with Crippen molar-refractivity contribution >= 4 is 33.3 Å². The molecule has 32 heavy (non-hydrogen) atoms. The molecule has 1 aliphatic heterocycles. The van der Waals surface area contributed by atoms with E-state index in [0.717, 1.165) is 31.2 Å². The van der Waals surface area contributed by atoms with Crippen LogP contribution in [-0.4, -0.2) is 55.5 Å². The molecule has 0 aromatic heterocycles. The molecule has 0 atom stereocenters. The van der Waals surface area contributed by atoms with E-state index in [-0.39, 0.29) is 29.7 Å². The number of amides is 1. The van der Waals surface area contributed by atoms with Gasteiger partial charge in [-0.05, 0) is 49.6 Å². The van der Waals surface area contributed by atoms with Crippen molar-refractivity contribution in [1.82, 2.24) is 9.21 Å². The second-order valence-electron chi connectivity index (χ2n) is 8.58. The van der Waals surface area contributed by atoms with Gasteiger partial charge in [-0.1, -0.05) is 48.7 Å². The number of carbonyl (C=O) groups excluding carboxylic acids is 2. The zero-order valence-electron chi connectivity index (χ0n) is 18.1. The number of carbonyl (C=O) groups is 2. The van der Waals surface area contributed by atoms with Crippen molar-refractivity contribution in [1.29, 1.82) is 0 Å². The summed E-state index contributed by atoms with van der Waals surface area (Å²) in [6.07, 6.45) is 3.53. The van der Waals surface area contributed by atoms with E-state index in [9.17, 15) is 18.0 Å². The molecule has 2 aromatic carbocycles. The van der Waals surface area contributed by atoms with E-state index in [4.69, 9.17) is 11.6 Å². The van der Waals surface area contributed by atoms with Crippen molar-refractivity contribution in [3.8, 4) is 0 Å². The Morgan fingerprint density at radius 3 is 2.22 bits per heavy atom. The first-order valence-corrected chi connectivity index (χ1v) is 12.7. The molecular formula is C24H27ClN2O4S. The van der Waals surface area contributed by atoms with Crippen molar-refractivity contribution in [3.05, 3.63) is 64.7 Å². The summed E-state index contributed by atoms with van der Waals surface area (Å²) >= 11 is 6.21. The number of piperazine rings is 1. The largest absolute Gasteiger partial charge is 0.339 e. The fraction of sp³-hybridized carbons (Fsp3) is 0.417. The van der Waals surface area contributed by atoms with Crippen LogP contribution in [0, 0.1) is 0 Å². The molecule has 2 aliphatic rings. The highest BCUT2D eigenvalue weighted by atomic mass is 35.5. The van der Waals surface area contributed by atoms with Gasteiger partial charge in [0, 0.05) is 36.8 Å². The standard InChI is InChI=1S/C24H27ClN2O4S/c1-18(28)19-6-4-9-22(16-19)32(30,31)27-14-12-26(13-15-27)23(29)24(10-2-3-11-24)20-7-5-8-21(25)17-20/h4-9,16-17H,2-3,10-15H2,1H3. The maximum atomic E-state index is 13.7. The fourth-order valence-electron chi connectivity index (χ4n) is 4.85. The number of ketones is 1. The SMILES string of the molecule is CC(=O)c1cccc(S(=O)(=O)N2CCN(C(=O)C3(c4cccc(Cl)c4)CCCC3)CC2)c1. The van der Waals surface area contributed by atoms with Crippen molar-refractivity contribution in [2.24, 2.45) is 0 Å². The van der Waals surface area contributed by atoms with Crippen LogP contribution < -0.4 is 0 Å². The zero-order chi connectivity index (χ0) is 22.9. The van der Waals surface area contributed by atoms with Gasteiger partial charge < -0.3 is 4.90 Å². The van der Waals surface area contributed by atoms with Crippen LogP contribution in [0.15, 0.2) is 53.4 Å². The molecule has 0 N–H and O–H groups in total. The number of hydrogen-bond acceptors (Lipinski definition) is 4. The van der Waals surface area contributed by atoms with Crippen LogP contribution in [0.3, 0.4) is 0 Å². The molecule has 1 saturated carbocycles. The highest BCUT2D eigenvalue weighted by Crippen LogP contribution is 2.43. The second kappa shape index (κ2) is 8.96. The summed E-state index contributed by atoms with van der Waals surface area (Å²) in [4.78, 5) is 27.2. The Hall–Kier alpha value is -2.22. The normalized spacial score (nSPS) is 19.1. The van der Waals surface area contributed by atoms with Crippen LogP contribution >= 0.6 is 11.6 Å². The van der Waals surface area contributed by atoms with Gasteiger partial charge in [-0.3, -0.25) is 9.59 Å². The Kier molecular flexibility index (Phi) is 6.43. The minimum Gasteiger partial charge on any atom is -0.339 e. The lowest BCUT2D eigenvalue weighted by molar-refractivity contribution is -0.138. The predicted molar refractivity (Wildman–Crippen MR) is 123 cm³/mol. The number of Topliss-reactive ketones (excluding diaryl/α,β-unsaturated/α-hetero) is 1. The molecular weight excluding hydrogens is 448 g/mol. The first-order valence-electron chi connectivity index (χ1n) is 10.9. The van der Waals surface area contributed by atoms with Gasteiger partial charge in [-0.15, -0.1) is 0 Å². The van der Waals surface area contributed by atoms with Crippen LogP contribution in [0.5, 0.6) is 0 Å². The minimum absolute atomic E-state index is 0.0629. The second-order valence-corrected chi connectivity index (χ2v) is 11.0. The van der Waals surface area contributed by atoms with Gasteiger partial charge in [0.15, 0.2) is 5.78 Å². The molecule has 0 bridgehead atoms. The van der Waals surface area contributed by atoms with Gasteiger partial charge in [-0.2, -0.15) is 4.31 Å². The molecule has 1 aliphatic carbocycles. The predicted octanol–water partition coefficient (Wildman–Crippen LogP) is 3.89. The third-order valence-electron chi connectivity index (χ3n) is 6.65. The third kappa shape index (κ3) is 4.21. The Balaban J connectivity index is 1.51. The number of sulfonamides is 1. The summed E-state index contributed by atoms with van der Waals surface area (Å²) in [5.41, 5.74) is 0.732. The average molecular weight is 475 g/mol. The summed E-state index contributed by atoms with van der Waals surface area (Å²) in [6.45, 7) is 2.54. The molecule has 170 valence electrons. The average Bonchev–Trinajstić information content (AvgIpc) is 3.30. The number of rotatable bonds is 5. The quantitative estimate of drug-likeness (QED) is 0.616. The third-order valence-corrected chi connectivity index (χ3v) is 8.78. The van der Waals surface area contributed by atoms with Crippen molar-refractivity contribution < 1.29 is 18.0 Å². The molecule has 8 heteroatoms. The van der Waals surface area contributed by atoms with E-state index in [0.29, 0.717) is 23.7 Å². The Bertz CT molecular complexity index is 1130. The van der Waals surface area contributed by atoms with Gasteiger partial charge in [0.2, 0.25) is 15.9 Å². The molecule has 4 rings (SSSR count). The lowest BCUT2D eigenvalue weighted by atomic mass is 9.77. The van der Waals surface area contributed by atoms with E-state index in [1.54, 1.807) is 17.0 Å². The van der Waals surface area contributed by atoms with Crippen LogP contribution in [-0.2, 0) is 20.2 Å². The summed E-state index contributed by atoms with van der Waals surface area (Å²) in [6, 6.07) is 13.7. The first-order chi connectivity index (χ1) is 15.2. The van der Waals surface area contributed by atoms with Crippen molar-refractivity contribution in [2.75, 3.05) is 26.2 Å². The van der Waals surface area contributed by atoms with Crippen LogP contribution in [0.25, 0.3) is 0 Å². The van der Waals surface area contributed by atoms with Crippen LogP contribution in [0.1, 0.15) is 48.5 Å². The van der Waals surface area contributed by atoms with E-state index in [2.05, 4.69) is 0 Å². The number of nitrogens with zero attached hydrogens (tertiary/aromatic N) is 2. The van der Waals surface area contributed by atoms with Gasteiger partial charge in [-0.25, -0.2) is 8.42 Å². The summed E-state index contributed by atoms with van der Waals surface area (Å²) in [5.74, 6) is -0.117. The van der Waals surface area contributed by atoms with Gasteiger partial charge in [0.1, 0.15) is 0 Å². The first kappa shape index (κ1) is 23.0. The van der Waals surface area contributed by atoms with E-state index < -0.39 is 15.4 Å². The maximum absolute atomic E-state index is 13.7. The molecule has 1 saturated heterocycles. The highest BCUT2D eigenvalue weighted by Gasteiger charge is 2.46. The number of halogens is 1.